The highest BCUT2D eigenvalue weighted by atomic mass is 32.2. The van der Waals surface area contributed by atoms with Gasteiger partial charge in [-0.3, -0.25) is 4.72 Å². The maximum absolute atomic E-state index is 13.6. The summed E-state index contributed by atoms with van der Waals surface area (Å²) in [6.07, 6.45) is 1.22. The maximum Gasteiger partial charge on any atom is 0.282 e. The average Bonchev–Trinajstić information content (AvgIpc) is 2.43. The van der Waals surface area contributed by atoms with Crippen molar-refractivity contribution in [3.8, 4) is 5.75 Å². The molecule has 0 saturated heterocycles. The quantitative estimate of drug-likeness (QED) is 0.942. The van der Waals surface area contributed by atoms with Crippen LogP contribution >= 0.6 is 0 Å². The number of pyridine rings is 1. The molecular formula is C14H15FN2O3S. The highest BCUT2D eigenvalue weighted by Gasteiger charge is 2.22. The molecule has 0 radical (unpaired) electrons. The van der Waals surface area contributed by atoms with Gasteiger partial charge in [0.2, 0.25) is 5.03 Å². The van der Waals surface area contributed by atoms with Gasteiger partial charge >= 0.3 is 0 Å². The van der Waals surface area contributed by atoms with Crippen LogP contribution in [0.1, 0.15) is 11.1 Å². The maximum atomic E-state index is 13.6. The lowest BCUT2D eigenvalue weighted by molar-refractivity contribution is 0.409. The number of methoxy groups -OCH3 is 1. The molecule has 0 fully saturated rings. The molecule has 0 unspecified atom stereocenters. The Morgan fingerprint density at radius 3 is 2.57 bits per heavy atom. The van der Waals surface area contributed by atoms with E-state index in [0.717, 1.165) is 11.6 Å². The summed E-state index contributed by atoms with van der Waals surface area (Å²) >= 11 is 0. The van der Waals surface area contributed by atoms with E-state index in [1.165, 1.54) is 19.4 Å². The Balaban J connectivity index is 2.45. The fourth-order valence-electron chi connectivity index (χ4n) is 2.01. The molecule has 5 nitrogen and oxygen atoms in total. The summed E-state index contributed by atoms with van der Waals surface area (Å²) in [6, 6.07) is 5.70. The van der Waals surface area contributed by atoms with E-state index in [2.05, 4.69) is 9.71 Å². The molecule has 1 N–H and O–H groups in total. The minimum atomic E-state index is -4.10. The van der Waals surface area contributed by atoms with Gasteiger partial charge < -0.3 is 4.74 Å². The zero-order valence-corrected chi connectivity index (χ0v) is 12.7. The summed E-state index contributed by atoms with van der Waals surface area (Å²) in [5.74, 6) is -0.321. The standard InChI is InChI=1S/C14H15FN2O3S/c1-9-6-7-12(10(2)13(9)20-3)17-21(18,19)14-11(15)5-4-8-16-14/h4-8,17H,1-3H3. The van der Waals surface area contributed by atoms with Crippen molar-refractivity contribution >= 4 is 15.7 Å². The molecule has 0 spiro atoms. The number of rotatable bonds is 4. The molecule has 0 bridgehead atoms. The van der Waals surface area contributed by atoms with Crippen molar-refractivity contribution in [3.63, 3.8) is 0 Å². The molecule has 0 aliphatic heterocycles. The third-order valence-corrected chi connectivity index (χ3v) is 4.33. The van der Waals surface area contributed by atoms with Crippen LogP contribution in [0, 0.1) is 19.7 Å². The molecule has 0 amide bonds. The van der Waals surface area contributed by atoms with Crippen molar-refractivity contribution < 1.29 is 17.5 Å². The SMILES string of the molecule is COc1c(C)ccc(NS(=O)(=O)c2ncccc2F)c1C. The minimum Gasteiger partial charge on any atom is -0.496 e. The lowest BCUT2D eigenvalue weighted by Crippen LogP contribution is -2.17. The third-order valence-electron chi connectivity index (χ3n) is 3.03. The molecule has 0 saturated carbocycles. The lowest BCUT2D eigenvalue weighted by Gasteiger charge is -2.14. The number of halogens is 1. The lowest BCUT2D eigenvalue weighted by atomic mass is 10.1. The smallest absolute Gasteiger partial charge is 0.282 e. The van der Waals surface area contributed by atoms with Crippen molar-refractivity contribution in [1.82, 2.24) is 4.98 Å². The first-order valence-electron chi connectivity index (χ1n) is 6.14. The predicted octanol–water partition coefficient (Wildman–Crippen LogP) is 2.65. The summed E-state index contributed by atoms with van der Waals surface area (Å²) in [7, 11) is -2.59. The van der Waals surface area contributed by atoms with E-state index < -0.39 is 20.9 Å². The van der Waals surface area contributed by atoms with Crippen LogP contribution < -0.4 is 9.46 Å². The fraction of sp³-hybridized carbons (Fsp3) is 0.214. The zero-order valence-electron chi connectivity index (χ0n) is 11.8. The summed E-state index contributed by atoms with van der Waals surface area (Å²) < 4.78 is 45.6. The minimum absolute atomic E-state index is 0.322. The molecule has 2 aromatic rings. The van der Waals surface area contributed by atoms with Gasteiger partial charge in [0.25, 0.3) is 10.0 Å². The Morgan fingerprint density at radius 2 is 1.95 bits per heavy atom. The van der Waals surface area contributed by atoms with E-state index in [1.54, 1.807) is 19.1 Å². The largest absolute Gasteiger partial charge is 0.496 e. The van der Waals surface area contributed by atoms with Gasteiger partial charge in [-0.2, -0.15) is 8.42 Å². The van der Waals surface area contributed by atoms with Crippen LogP contribution in [0.3, 0.4) is 0 Å². The molecule has 1 heterocycles. The Bertz CT molecular complexity index is 776. The summed E-state index contributed by atoms with van der Waals surface area (Å²) in [6.45, 7) is 3.57. The molecule has 0 atom stereocenters. The van der Waals surface area contributed by atoms with Crippen molar-refractivity contribution in [2.45, 2.75) is 18.9 Å². The van der Waals surface area contributed by atoms with Crippen LogP contribution in [0.4, 0.5) is 10.1 Å². The second kappa shape index (κ2) is 5.69. The van der Waals surface area contributed by atoms with Gasteiger partial charge in [0.05, 0.1) is 12.8 Å². The predicted molar refractivity (Wildman–Crippen MR) is 77.5 cm³/mol. The highest BCUT2D eigenvalue weighted by Crippen LogP contribution is 2.30. The third kappa shape index (κ3) is 2.97. The van der Waals surface area contributed by atoms with Crippen molar-refractivity contribution in [2.75, 3.05) is 11.8 Å². The number of anilines is 1. The highest BCUT2D eigenvalue weighted by molar-refractivity contribution is 7.92. The van der Waals surface area contributed by atoms with Crippen LogP contribution in [0.5, 0.6) is 5.75 Å². The Hall–Kier alpha value is -2.15. The van der Waals surface area contributed by atoms with Crippen LogP contribution in [-0.4, -0.2) is 20.5 Å². The number of hydrogen-bond acceptors (Lipinski definition) is 4. The first-order chi connectivity index (χ1) is 9.86. The molecule has 7 heteroatoms. The number of nitrogens with zero attached hydrogens (tertiary/aromatic N) is 1. The first kappa shape index (κ1) is 15.2. The molecular weight excluding hydrogens is 295 g/mol. The van der Waals surface area contributed by atoms with Crippen LogP contribution in [0.25, 0.3) is 0 Å². The number of benzene rings is 1. The summed E-state index contributed by atoms with van der Waals surface area (Å²) in [5.41, 5.74) is 1.82. The normalized spacial score (nSPS) is 11.2. The zero-order chi connectivity index (χ0) is 15.6. The molecule has 0 aliphatic rings. The molecule has 112 valence electrons. The van der Waals surface area contributed by atoms with E-state index in [0.29, 0.717) is 17.0 Å². The second-order valence-electron chi connectivity index (χ2n) is 4.48. The number of sulfonamides is 1. The van der Waals surface area contributed by atoms with E-state index in [9.17, 15) is 12.8 Å². The Morgan fingerprint density at radius 1 is 1.24 bits per heavy atom. The van der Waals surface area contributed by atoms with Gasteiger partial charge in [0, 0.05) is 11.8 Å². The summed E-state index contributed by atoms with van der Waals surface area (Å²) in [4.78, 5) is 3.58. The number of ether oxygens (including phenoxy) is 1. The number of hydrogen-bond donors (Lipinski definition) is 1. The molecule has 0 aliphatic carbocycles. The Kier molecular flexibility index (Phi) is 4.13. The van der Waals surface area contributed by atoms with Crippen molar-refractivity contribution in [2.24, 2.45) is 0 Å². The average molecular weight is 310 g/mol. The van der Waals surface area contributed by atoms with Crippen LogP contribution in [-0.2, 0) is 10.0 Å². The van der Waals surface area contributed by atoms with Crippen LogP contribution in [0.15, 0.2) is 35.5 Å². The molecule has 1 aromatic carbocycles. The van der Waals surface area contributed by atoms with Gasteiger partial charge in [-0.1, -0.05) is 6.07 Å². The second-order valence-corrected chi connectivity index (χ2v) is 6.08. The van der Waals surface area contributed by atoms with Gasteiger partial charge in [0.15, 0.2) is 5.82 Å². The Labute approximate surface area is 122 Å². The van der Waals surface area contributed by atoms with E-state index in [-0.39, 0.29) is 0 Å². The van der Waals surface area contributed by atoms with Crippen molar-refractivity contribution in [3.05, 3.63) is 47.4 Å². The van der Waals surface area contributed by atoms with Gasteiger partial charge in [0.1, 0.15) is 5.75 Å². The first-order valence-corrected chi connectivity index (χ1v) is 7.62. The number of nitrogens with one attached hydrogen (secondary N) is 1. The summed E-state index contributed by atoms with van der Waals surface area (Å²) in [5, 5.41) is -0.635. The topological polar surface area (TPSA) is 68.3 Å². The number of aryl methyl sites for hydroxylation is 1. The van der Waals surface area contributed by atoms with Crippen LogP contribution in [0.2, 0.25) is 0 Å². The molecule has 21 heavy (non-hydrogen) atoms. The van der Waals surface area contributed by atoms with E-state index >= 15 is 0 Å². The van der Waals surface area contributed by atoms with E-state index in [1.807, 2.05) is 6.92 Å². The monoisotopic (exact) mass is 310 g/mol. The van der Waals surface area contributed by atoms with Gasteiger partial charge in [-0.15, -0.1) is 0 Å². The molecule has 2 rings (SSSR count). The van der Waals surface area contributed by atoms with E-state index in [4.69, 9.17) is 4.74 Å². The number of aromatic nitrogens is 1. The molecule has 1 aromatic heterocycles. The van der Waals surface area contributed by atoms with Gasteiger partial charge in [-0.25, -0.2) is 9.37 Å². The van der Waals surface area contributed by atoms with Gasteiger partial charge in [-0.05, 0) is 37.6 Å². The van der Waals surface area contributed by atoms with Crippen molar-refractivity contribution in [1.29, 1.82) is 0 Å². The fourth-order valence-corrected chi connectivity index (χ4v) is 3.15.